The fraction of sp³-hybridized carbons (Fsp3) is 0.389. The van der Waals surface area contributed by atoms with Crippen molar-refractivity contribution in [2.24, 2.45) is 0 Å². The molecule has 0 aliphatic carbocycles. The quantitative estimate of drug-likeness (QED) is 0.371. The number of hydrogen-bond donors (Lipinski definition) is 1. The lowest BCUT2D eigenvalue weighted by Gasteiger charge is -2.30. The topological polar surface area (TPSA) is 90.4 Å². The molecular weight excluding hydrogens is 506 g/mol. The van der Waals surface area contributed by atoms with Gasteiger partial charge in [0.2, 0.25) is 0 Å². The number of esters is 1. The van der Waals surface area contributed by atoms with Crippen molar-refractivity contribution in [2.75, 3.05) is 4.43 Å². The first kappa shape index (κ1) is 21.0. The summed E-state index contributed by atoms with van der Waals surface area (Å²) >= 11 is 8.57. The number of carbonyl (C=O) groups is 1. The van der Waals surface area contributed by atoms with E-state index in [2.05, 4.69) is 4.98 Å². The van der Waals surface area contributed by atoms with Crippen LogP contribution in [-0.2, 0) is 9.47 Å². The van der Waals surface area contributed by atoms with Gasteiger partial charge in [0.1, 0.15) is 4.87 Å². The third kappa shape index (κ3) is 3.87. The van der Waals surface area contributed by atoms with Gasteiger partial charge in [-0.2, -0.15) is 0 Å². The molecular formula is C18H17ClFIN2O5. The molecule has 1 fully saturated rings. The second-order valence-electron chi connectivity index (χ2n) is 6.52. The first-order valence-corrected chi connectivity index (χ1v) is 10.3. The number of carbonyl (C=O) groups excluding carboxylic acids is 1. The van der Waals surface area contributed by atoms with Gasteiger partial charge in [-0.05, 0) is 19.1 Å². The molecule has 1 N–H and O–H groups in total. The zero-order chi connectivity index (χ0) is 20.5. The van der Waals surface area contributed by atoms with Crippen LogP contribution in [0.25, 0.3) is 0 Å². The Morgan fingerprint density at radius 3 is 2.64 bits per heavy atom. The highest BCUT2D eigenvalue weighted by Crippen LogP contribution is 2.51. The zero-order valence-electron chi connectivity index (χ0n) is 14.7. The van der Waals surface area contributed by atoms with Crippen molar-refractivity contribution in [1.29, 1.82) is 0 Å². The number of hydrogen-bond acceptors (Lipinski definition) is 5. The van der Waals surface area contributed by atoms with Gasteiger partial charge in [-0.1, -0.05) is 40.8 Å². The third-order valence-corrected chi connectivity index (χ3v) is 5.39. The number of benzene rings is 1. The standard InChI is InChI=1S/C18H17ClFIN2O5/c1-17(19)14(27-13(25)11-5-3-2-4-6-11)18(20,8-9-21)28-15(17)23-10-7-12(24)22-16(23)26/h2-7,10,14-15H,8-9H2,1H3,(H,22,24,26)/t14-,15+,17+,18+/m0/s1. The SMILES string of the molecule is C[C@]1(Cl)[C@H](n2ccc(=O)[nH]c2=O)O[C@](F)(CCI)[C@H]1OC(=O)c1ccccc1. The van der Waals surface area contributed by atoms with E-state index in [1.165, 1.54) is 25.3 Å². The summed E-state index contributed by atoms with van der Waals surface area (Å²) in [7, 11) is 0. The highest BCUT2D eigenvalue weighted by atomic mass is 127. The van der Waals surface area contributed by atoms with Crippen molar-refractivity contribution in [3.8, 4) is 0 Å². The molecule has 1 aromatic heterocycles. The predicted molar refractivity (Wildman–Crippen MR) is 109 cm³/mol. The molecule has 2 heterocycles. The Bertz CT molecular complexity index is 980. The molecule has 2 aromatic rings. The van der Waals surface area contributed by atoms with Crippen LogP contribution in [0.3, 0.4) is 0 Å². The largest absolute Gasteiger partial charge is 0.451 e. The molecule has 0 unspecified atom stereocenters. The lowest BCUT2D eigenvalue weighted by Crippen LogP contribution is -2.48. The maximum Gasteiger partial charge on any atom is 0.338 e. The number of aromatic amines is 1. The van der Waals surface area contributed by atoms with Gasteiger partial charge in [-0.25, -0.2) is 14.0 Å². The van der Waals surface area contributed by atoms with E-state index in [0.717, 1.165) is 10.6 Å². The summed E-state index contributed by atoms with van der Waals surface area (Å²) in [6.45, 7) is 1.42. The van der Waals surface area contributed by atoms with Crippen molar-refractivity contribution < 1.29 is 18.7 Å². The first-order valence-electron chi connectivity index (χ1n) is 8.38. The minimum atomic E-state index is -2.41. The fourth-order valence-electron chi connectivity index (χ4n) is 3.13. The number of alkyl halides is 3. The number of nitrogens with zero attached hydrogens (tertiary/aromatic N) is 1. The van der Waals surface area contributed by atoms with Crippen LogP contribution in [0.5, 0.6) is 0 Å². The van der Waals surface area contributed by atoms with E-state index >= 15 is 4.39 Å². The van der Waals surface area contributed by atoms with E-state index in [4.69, 9.17) is 21.1 Å². The minimum Gasteiger partial charge on any atom is -0.451 e. The number of H-pyrrole nitrogens is 1. The van der Waals surface area contributed by atoms with Gasteiger partial charge in [-0.3, -0.25) is 14.3 Å². The molecule has 0 saturated carbocycles. The molecule has 0 radical (unpaired) electrons. The van der Waals surface area contributed by atoms with Gasteiger partial charge >= 0.3 is 11.7 Å². The van der Waals surface area contributed by atoms with Crippen molar-refractivity contribution in [1.82, 2.24) is 9.55 Å². The highest BCUT2D eigenvalue weighted by molar-refractivity contribution is 14.1. The van der Waals surface area contributed by atoms with E-state index in [1.807, 2.05) is 22.6 Å². The Morgan fingerprint density at radius 2 is 2.04 bits per heavy atom. The van der Waals surface area contributed by atoms with Crippen LogP contribution in [-0.4, -0.2) is 36.8 Å². The molecule has 3 rings (SSSR count). The lowest BCUT2D eigenvalue weighted by atomic mass is 9.97. The van der Waals surface area contributed by atoms with Gasteiger partial charge in [-0.15, -0.1) is 11.6 Å². The lowest BCUT2D eigenvalue weighted by molar-refractivity contribution is -0.188. The maximum atomic E-state index is 15.7. The average molecular weight is 523 g/mol. The summed E-state index contributed by atoms with van der Waals surface area (Å²) in [4.78, 5) is 36.5. The number of halogens is 3. The van der Waals surface area contributed by atoms with Crippen molar-refractivity contribution in [2.45, 2.75) is 36.4 Å². The van der Waals surface area contributed by atoms with Crippen molar-refractivity contribution in [3.63, 3.8) is 0 Å². The first-order chi connectivity index (χ1) is 13.2. The van der Waals surface area contributed by atoms with E-state index in [-0.39, 0.29) is 12.0 Å². The molecule has 0 spiro atoms. The molecule has 1 aliphatic rings. The number of ether oxygens (including phenoxy) is 2. The van der Waals surface area contributed by atoms with Crippen LogP contribution < -0.4 is 11.2 Å². The number of aromatic nitrogens is 2. The molecule has 0 amide bonds. The Kier molecular flexibility index (Phi) is 5.97. The van der Waals surface area contributed by atoms with E-state index in [9.17, 15) is 14.4 Å². The molecule has 10 heteroatoms. The van der Waals surface area contributed by atoms with Crippen LogP contribution in [0.4, 0.5) is 4.39 Å². The predicted octanol–water partition coefficient (Wildman–Crippen LogP) is 2.78. The summed E-state index contributed by atoms with van der Waals surface area (Å²) in [5.74, 6) is -3.17. The average Bonchev–Trinajstić information content (AvgIpc) is 2.83. The smallest absolute Gasteiger partial charge is 0.338 e. The molecule has 150 valence electrons. The Hall–Kier alpha value is -1.72. The van der Waals surface area contributed by atoms with E-state index < -0.39 is 40.3 Å². The Labute approximate surface area is 177 Å². The minimum absolute atomic E-state index is 0.114. The molecule has 1 saturated heterocycles. The van der Waals surface area contributed by atoms with Gasteiger partial charge in [0.25, 0.3) is 11.4 Å². The summed E-state index contributed by atoms with van der Waals surface area (Å²) < 4.78 is 28.0. The molecule has 1 aromatic carbocycles. The molecule has 1 aliphatic heterocycles. The third-order valence-electron chi connectivity index (χ3n) is 4.47. The van der Waals surface area contributed by atoms with Crippen LogP contribution in [0.1, 0.15) is 29.9 Å². The molecule has 7 nitrogen and oxygen atoms in total. The summed E-state index contributed by atoms with van der Waals surface area (Å²) in [5, 5.41) is 0. The van der Waals surface area contributed by atoms with E-state index in [1.54, 1.807) is 18.2 Å². The van der Waals surface area contributed by atoms with Crippen LogP contribution in [0.15, 0.2) is 52.2 Å². The van der Waals surface area contributed by atoms with Gasteiger partial charge in [0.05, 0.1) is 5.56 Å². The van der Waals surface area contributed by atoms with Crippen LogP contribution >= 0.6 is 34.2 Å². The zero-order valence-corrected chi connectivity index (χ0v) is 17.6. The van der Waals surface area contributed by atoms with Gasteiger partial charge in [0.15, 0.2) is 12.3 Å². The fourth-order valence-corrected chi connectivity index (χ4v) is 4.22. The van der Waals surface area contributed by atoms with Crippen LogP contribution in [0, 0.1) is 0 Å². The van der Waals surface area contributed by atoms with Crippen LogP contribution in [0.2, 0.25) is 0 Å². The van der Waals surface area contributed by atoms with Gasteiger partial charge < -0.3 is 9.47 Å². The summed E-state index contributed by atoms with van der Waals surface area (Å²) in [6.07, 6.45) is -1.75. The Morgan fingerprint density at radius 1 is 1.36 bits per heavy atom. The second kappa shape index (κ2) is 7.96. The second-order valence-corrected chi connectivity index (χ2v) is 8.41. The maximum absolute atomic E-state index is 15.7. The number of nitrogens with one attached hydrogen (secondary N) is 1. The highest BCUT2D eigenvalue weighted by Gasteiger charge is 2.65. The molecule has 0 bridgehead atoms. The Balaban J connectivity index is 2.00. The monoisotopic (exact) mass is 522 g/mol. The molecule has 28 heavy (non-hydrogen) atoms. The van der Waals surface area contributed by atoms with Crippen molar-refractivity contribution in [3.05, 3.63) is 69.0 Å². The van der Waals surface area contributed by atoms with Crippen molar-refractivity contribution >= 4 is 40.2 Å². The van der Waals surface area contributed by atoms with E-state index in [0.29, 0.717) is 4.43 Å². The van der Waals surface area contributed by atoms with Gasteiger partial charge in [0, 0.05) is 23.1 Å². The summed E-state index contributed by atoms with van der Waals surface area (Å²) in [5.41, 5.74) is -1.19. The number of rotatable bonds is 5. The normalized spacial score (nSPS) is 29.6. The molecule has 4 atom stereocenters. The summed E-state index contributed by atoms with van der Waals surface area (Å²) in [6, 6.07) is 9.20.